The van der Waals surface area contributed by atoms with Crippen LogP contribution in [-0.2, 0) is 11.8 Å². The second-order valence-electron chi connectivity index (χ2n) is 10.9. The fraction of sp³-hybridized carbons (Fsp3) is 0.667. The van der Waals surface area contributed by atoms with E-state index in [-0.39, 0.29) is 17.0 Å². The fourth-order valence-corrected chi connectivity index (χ4v) is 6.85. The van der Waals surface area contributed by atoms with Gasteiger partial charge in [0.2, 0.25) is 0 Å². The molecule has 0 aromatic carbocycles. The molecule has 0 bridgehead atoms. The number of rotatable bonds is 13. The predicted molar refractivity (Wildman–Crippen MR) is 163 cm³/mol. The number of thiocarbonyl (C=S) groups is 1. The molecule has 38 heavy (non-hydrogen) atoms. The number of nitrogens with zero attached hydrogens (tertiary/aromatic N) is 4. The molecule has 0 N–H and O–H groups in total. The molecule has 1 unspecified atom stereocenters. The summed E-state index contributed by atoms with van der Waals surface area (Å²) in [4.78, 5) is 30.9. The van der Waals surface area contributed by atoms with Gasteiger partial charge in [-0.2, -0.15) is 5.26 Å². The van der Waals surface area contributed by atoms with Gasteiger partial charge in [0.1, 0.15) is 21.8 Å². The Morgan fingerprint density at radius 3 is 2.32 bits per heavy atom. The molecule has 0 aliphatic carbocycles. The highest BCUT2D eigenvalue weighted by Gasteiger charge is 2.33. The van der Waals surface area contributed by atoms with Crippen molar-refractivity contribution < 1.29 is 4.79 Å². The molecule has 8 heteroatoms. The highest BCUT2D eigenvalue weighted by atomic mass is 32.2. The number of piperidine rings is 1. The predicted octanol–water partition coefficient (Wildman–Crippen LogP) is 6.92. The Morgan fingerprint density at radius 2 is 1.71 bits per heavy atom. The first-order valence-electron chi connectivity index (χ1n) is 14.4. The van der Waals surface area contributed by atoms with E-state index in [0.717, 1.165) is 50.2 Å². The van der Waals surface area contributed by atoms with Gasteiger partial charge in [-0.3, -0.25) is 19.1 Å². The summed E-state index contributed by atoms with van der Waals surface area (Å²) < 4.78 is 2.17. The first-order chi connectivity index (χ1) is 18.3. The summed E-state index contributed by atoms with van der Waals surface area (Å²) in [6.07, 6.45) is 16.6. The lowest BCUT2D eigenvalue weighted by Gasteiger charge is -2.35. The lowest BCUT2D eigenvalue weighted by atomic mass is 9.98. The molecule has 1 atom stereocenters. The van der Waals surface area contributed by atoms with Crippen molar-refractivity contribution >= 4 is 46.1 Å². The molecule has 1 aromatic rings. The molecule has 2 fully saturated rings. The highest BCUT2D eigenvalue weighted by Crippen LogP contribution is 2.36. The third-order valence-corrected chi connectivity index (χ3v) is 9.19. The van der Waals surface area contributed by atoms with Crippen LogP contribution in [0, 0.1) is 24.2 Å². The Balaban J connectivity index is 1.70. The van der Waals surface area contributed by atoms with Crippen LogP contribution in [0.4, 0.5) is 5.82 Å². The average molecular weight is 557 g/mol. The monoisotopic (exact) mass is 556 g/mol. The van der Waals surface area contributed by atoms with Crippen molar-refractivity contribution in [1.82, 2.24) is 9.47 Å². The Hall–Kier alpha value is -2.11. The summed E-state index contributed by atoms with van der Waals surface area (Å²) in [5.41, 5.74) is 1.25. The number of hydrogen-bond acceptors (Lipinski definition) is 6. The van der Waals surface area contributed by atoms with Crippen molar-refractivity contribution in [3.8, 4) is 6.07 Å². The van der Waals surface area contributed by atoms with Crippen molar-refractivity contribution in [2.24, 2.45) is 13.0 Å². The number of anilines is 1. The molecular formula is C30H44N4O2S2. The summed E-state index contributed by atoms with van der Waals surface area (Å²) in [7, 11) is 1.73. The zero-order valence-electron chi connectivity index (χ0n) is 23.7. The number of unbranched alkanes of at least 4 members (excludes halogenated alkanes) is 9. The van der Waals surface area contributed by atoms with Gasteiger partial charge >= 0.3 is 0 Å². The van der Waals surface area contributed by atoms with E-state index >= 15 is 0 Å². The molecular weight excluding hydrogens is 512 g/mol. The fourth-order valence-electron chi connectivity index (χ4n) is 5.56. The van der Waals surface area contributed by atoms with Crippen LogP contribution in [0.25, 0.3) is 6.08 Å². The molecule has 0 radical (unpaired) electrons. The van der Waals surface area contributed by atoms with Crippen molar-refractivity contribution in [3.05, 3.63) is 31.9 Å². The second kappa shape index (κ2) is 14.9. The summed E-state index contributed by atoms with van der Waals surface area (Å²) in [6.45, 7) is 8.62. The molecule has 3 heterocycles. The number of hydrogen-bond donors (Lipinski definition) is 0. The van der Waals surface area contributed by atoms with Crippen molar-refractivity contribution in [3.63, 3.8) is 0 Å². The van der Waals surface area contributed by atoms with Gasteiger partial charge in [0, 0.05) is 32.2 Å². The van der Waals surface area contributed by atoms with Crippen LogP contribution in [0.2, 0.25) is 0 Å². The van der Waals surface area contributed by atoms with E-state index in [1.165, 1.54) is 63.1 Å². The molecule has 6 nitrogen and oxygen atoms in total. The summed E-state index contributed by atoms with van der Waals surface area (Å²) in [6, 6.07) is 2.09. The van der Waals surface area contributed by atoms with Gasteiger partial charge in [0.25, 0.3) is 11.5 Å². The number of pyridine rings is 1. The number of amides is 1. The first kappa shape index (κ1) is 30.4. The van der Waals surface area contributed by atoms with E-state index in [4.69, 9.17) is 12.2 Å². The van der Waals surface area contributed by atoms with E-state index in [1.807, 2.05) is 13.0 Å². The van der Waals surface area contributed by atoms with Crippen molar-refractivity contribution in [1.29, 1.82) is 5.26 Å². The molecule has 1 aromatic heterocycles. The lowest BCUT2D eigenvalue weighted by Crippen LogP contribution is -2.39. The van der Waals surface area contributed by atoms with Crippen LogP contribution in [0.3, 0.4) is 0 Å². The number of thioether (sulfide) groups is 1. The lowest BCUT2D eigenvalue weighted by molar-refractivity contribution is -0.122. The van der Waals surface area contributed by atoms with Gasteiger partial charge in [0.15, 0.2) is 0 Å². The molecule has 1 amide bonds. The van der Waals surface area contributed by atoms with E-state index in [1.54, 1.807) is 16.5 Å². The van der Waals surface area contributed by atoms with Crippen LogP contribution in [-0.4, -0.2) is 39.3 Å². The van der Waals surface area contributed by atoms with Crippen LogP contribution in [0.15, 0.2) is 9.70 Å². The zero-order valence-corrected chi connectivity index (χ0v) is 25.3. The maximum atomic E-state index is 13.4. The van der Waals surface area contributed by atoms with Gasteiger partial charge in [-0.25, -0.2) is 0 Å². The second-order valence-corrected chi connectivity index (χ2v) is 12.6. The quantitative estimate of drug-likeness (QED) is 0.149. The van der Waals surface area contributed by atoms with E-state index in [0.29, 0.717) is 27.3 Å². The van der Waals surface area contributed by atoms with Crippen LogP contribution in [0.5, 0.6) is 0 Å². The van der Waals surface area contributed by atoms with E-state index < -0.39 is 0 Å². The van der Waals surface area contributed by atoms with Crippen molar-refractivity contribution in [2.45, 2.75) is 97.8 Å². The third-order valence-electron chi connectivity index (χ3n) is 7.81. The molecule has 2 saturated heterocycles. The Bertz CT molecular complexity index is 1130. The van der Waals surface area contributed by atoms with Crippen LogP contribution in [0.1, 0.15) is 108 Å². The van der Waals surface area contributed by atoms with Crippen LogP contribution >= 0.6 is 24.0 Å². The smallest absolute Gasteiger partial charge is 0.270 e. The van der Waals surface area contributed by atoms with Crippen LogP contribution < -0.4 is 10.5 Å². The maximum absolute atomic E-state index is 13.4. The van der Waals surface area contributed by atoms with Gasteiger partial charge < -0.3 is 4.90 Å². The number of nitriles is 1. The van der Waals surface area contributed by atoms with Gasteiger partial charge in [0.05, 0.1) is 4.91 Å². The zero-order chi connectivity index (χ0) is 27.7. The molecule has 2 aliphatic heterocycles. The summed E-state index contributed by atoms with van der Waals surface area (Å²) >= 11 is 6.92. The Kier molecular flexibility index (Phi) is 11.9. The Morgan fingerprint density at radius 1 is 1.08 bits per heavy atom. The van der Waals surface area contributed by atoms with Gasteiger partial charge in [-0.05, 0) is 43.7 Å². The minimum absolute atomic E-state index is 0.0688. The molecule has 0 spiro atoms. The maximum Gasteiger partial charge on any atom is 0.270 e. The minimum atomic E-state index is -0.288. The largest absolute Gasteiger partial charge is 0.357 e. The summed E-state index contributed by atoms with van der Waals surface area (Å²) in [5.74, 6) is 1.24. The number of carbonyl (C=O) groups excluding carboxylic acids is 1. The normalized spacial score (nSPS) is 19.0. The molecule has 0 saturated carbocycles. The standard InChI is InChI=1S/C30H44N4O2S2/c1-5-6-7-8-9-10-11-12-13-14-18-34-29(36)26(38-30(34)37)19-24-23(3)25(20-31)28(35)32(4)27(24)33-17-15-16-22(2)21-33/h19,22H,5-18,21H2,1-4H3/b26-19+. The average Bonchev–Trinajstić information content (AvgIpc) is 3.16. The van der Waals surface area contributed by atoms with Gasteiger partial charge in [-0.1, -0.05) is 95.6 Å². The topological polar surface area (TPSA) is 69.3 Å². The Labute approximate surface area is 238 Å². The van der Waals surface area contributed by atoms with E-state index in [9.17, 15) is 14.9 Å². The number of carbonyl (C=O) groups is 1. The first-order valence-corrected chi connectivity index (χ1v) is 15.7. The van der Waals surface area contributed by atoms with Gasteiger partial charge in [-0.15, -0.1) is 0 Å². The SMILES string of the molecule is CCCCCCCCCCCCN1C(=O)/C(=C\c2c(C)c(C#N)c(=O)n(C)c2N2CCCC(C)C2)SC1=S. The summed E-state index contributed by atoms with van der Waals surface area (Å²) in [5, 5.41) is 9.71. The van der Waals surface area contributed by atoms with E-state index in [2.05, 4.69) is 24.8 Å². The molecule has 2 aliphatic rings. The minimum Gasteiger partial charge on any atom is -0.357 e. The third kappa shape index (κ3) is 7.51. The number of aromatic nitrogens is 1. The highest BCUT2D eigenvalue weighted by molar-refractivity contribution is 8.26. The molecule has 3 rings (SSSR count). The molecule has 208 valence electrons. The van der Waals surface area contributed by atoms with Crippen molar-refractivity contribution in [2.75, 3.05) is 24.5 Å².